The van der Waals surface area contributed by atoms with Crippen LogP contribution in [-0.4, -0.2) is 17.9 Å². The second-order valence-corrected chi connectivity index (χ2v) is 5.97. The lowest BCUT2D eigenvalue weighted by Gasteiger charge is -2.01. The number of hydrogen-bond donors (Lipinski definition) is 1. The second-order valence-electron chi connectivity index (χ2n) is 4.55. The van der Waals surface area contributed by atoms with E-state index in [0.29, 0.717) is 10.8 Å². The molecule has 0 aliphatic heterocycles. The zero-order valence-corrected chi connectivity index (χ0v) is 13.9. The predicted octanol–water partition coefficient (Wildman–Crippen LogP) is 3.73. The van der Waals surface area contributed by atoms with Crippen LogP contribution in [0.1, 0.15) is 11.1 Å². The average molecular weight is 343 g/mol. The van der Waals surface area contributed by atoms with E-state index in [1.54, 1.807) is 0 Å². The highest BCUT2D eigenvalue weighted by Gasteiger charge is 2.00. The van der Waals surface area contributed by atoms with Crippen molar-refractivity contribution < 1.29 is 4.79 Å². The van der Waals surface area contributed by atoms with Crippen LogP contribution in [0.15, 0.2) is 59.7 Å². The van der Waals surface area contributed by atoms with Crippen molar-refractivity contribution in [1.29, 1.82) is 0 Å². The van der Waals surface area contributed by atoms with Gasteiger partial charge in [0.2, 0.25) is 5.91 Å². The van der Waals surface area contributed by atoms with Gasteiger partial charge in [-0.05, 0) is 35.7 Å². The number of nitrogens with one attached hydrogen (secondary N) is 1. The highest BCUT2D eigenvalue weighted by atomic mass is 35.5. The van der Waals surface area contributed by atoms with Crippen molar-refractivity contribution in [3.05, 3.63) is 70.7 Å². The molecule has 1 amide bonds. The summed E-state index contributed by atoms with van der Waals surface area (Å²) in [6.07, 6.45) is 1.38. The molecule has 0 saturated carbocycles. The zero-order chi connectivity index (χ0) is 16.3. The first-order valence-electron chi connectivity index (χ1n) is 6.93. The van der Waals surface area contributed by atoms with Crippen molar-refractivity contribution in [2.75, 3.05) is 5.75 Å². The minimum atomic E-state index is -0.151. The van der Waals surface area contributed by atoms with E-state index < -0.39 is 0 Å². The number of nitrogens with zero attached hydrogens (tertiary/aromatic N) is 1. The third kappa shape index (κ3) is 7.05. The summed E-state index contributed by atoms with van der Waals surface area (Å²) in [5, 5.41) is 4.51. The first-order chi connectivity index (χ1) is 11.2. The van der Waals surface area contributed by atoms with E-state index in [4.69, 9.17) is 11.6 Å². The molecule has 0 bridgehead atoms. The monoisotopic (exact) mass is 342 g/mol. The molecule has 2 aromatic rings. The van der Waals surface area contributed by atoms with Gasteiger partial charge in [-0.3, -0.25) is 4.79 Å². The minimum absolute atomic E-state index is 0.151. The molecule has 0 atom stereocenters. The summed E-state index contributed by atoms with van der Waals surface area (Å²) >= 11 is 7.34. The van der Waals surface area contributed by atoms with Gasteiger partial charge < -0.3 is 0 Å². The molecule has 0 heterocycles. The number of hydrazone groups is 1. The lowest BCUT2D eigenvalue weighted by atomic mass is 10.2. The summed E-state index contributed by atoms with van der Waals surface area (Å²) in [7, 11) is 0. The van der Waals surface area contributed by atoms with Gasteiger partial charge in [0, 0.05) is 16.3 Å². The van der Waals surface area contributed by atoms with Gasteiger partial charge in [0.05, 0.1) is 12.0 Å². The summed E-state index contributed by atoms with van der Waals surface area (Å²) in [6.45, 7) is 0. The lowest BCUT2D eigenvalue weighted by Crippen LogP contribution is -2.19. The summed E-state index contributed by atoms with van der Waals surface area (Å²) in [4.78, 5) is 11.6. The molecular weight excluding hydrogens is 328 g/mol. The van der Waals surface area contributed by atoms with Gasteiger partial charge in [0.25, 0.3) is 0 Å². The Kier molecular flexibility index (Phi) is 7.25. The van der Waals surface area contributed by atoms with Crippen molar-refractivity contribution in [2.45, 2.75) is 5.75 Å². The van der Waals surface area contributed by atoms with Crippen LogP contribution in [0.25, 0.3) is 0 Å². The maximum atomic E-state index is 11.6. The Hall–Kier alpha value is -2.22. The predicted molar refractivity (Wildman–Crippen MR) is 97.6 cm³/mol. The fraction of sp³-hybridized carbons (Fsp3) is 0.111. The van der Waals surface area contributed by atoms with E-state index in [1.807, 2.05) is 54.6 Å². The molecule has 116 valence electrons. The second kappa shape index (κ2) is 9.73. The minimum Gasteiger partial charge on any atom is -0.272 e. The third-order valence-electron chi connectivity index (χ3n) is 2.72. The van der Waals surface area contributed by atoms with E-state index in [-0.39, 0.29) is 5.91 Å². The molecule has 5 heteroatoms. The van der Waals surface area contributed by atoms with E-state index >= 15 is 0 Å². The van der Waals surface area contributed by atoms with Crippen LogP contribution in [0.3, 0.4) is 0 Å². The van der Waals surface area contributed by atoms with Crippen LogP contribution in [0.4, 0.5) is 0 Å². The Morgan fingerprint density at radius 3 is 2.65 bits per heavy atom. The number of rotatable bonds is 5. The molecule has 0 aliphatic rings. The SMILES string of the molecule is O=C(CSCc1ccc(Cl)cc1)N/N=C/C#Cc1ccccc1. The quantitative estimate of drug-likeness (QED) is 0.511. The fourth-order valence-corrected chi connectivity index (χ4v) is 2.55. The maximum absolute atomic E-state index is 11.6. The topological polar surface area (TPSA) is 41.5 Å². The first kappa shape index (κ1) is 17.1. The Bertz CT molecular complexity index is 718. The summed E-state index contributed by atoms with van der Waals surface area (Å²) in [6, 6.07) is 17.2. The van der Waals surface area contributed by atoms with Crippen LogP contribution >= 0.6 is 23.4 Å². The van der Waals surface area contributed by atoms with Gasteiger partial charge in [-0.25, -0.2) is 5.43 Å². The van der Waals surface area contributed by atoms with Crippen LogP contribution in [0.2, 0.25) is 5.02 Å². The van der Waals surface area contributed by atoms with E-state index in [2.05, 4.69) is 22.4 Å². The third-order valence-corrected chi connectivity index (χ3v) is 3.98. The molecule has 0 saturated heterocycles. The summed E-state index contributed by atoms with van der Waals surface area (Å²) < 4.78 is 0. The van der Waals surface area contributed by atoms with Crippen molar-refractivity contribution in [2.24, 2.45) is 5.10 Å². The number of thioether (sulfide) groups is 1. The number of carbonyl (C=O) groups excluding carboxylic acids is 1. The number of halogens is 1. The van der Waals surface area contributed by atoms with Gasteiger partial charge in [0.1, 0.15) is 0 Å². The van der Waals surface area contributed by atoms with Crippen LogP contribution in [0.5, 0.6) is 0 Å². The Labute approximate surface area is 145 Å². The normalized spacial score (nSPS) is 10.1. The van der Waals surface area contributed by atoms with Crippen molar-refractivity contribution >= 4 is 35.5 Å². The van der Waals surface area contributed by atoms with Crippen LogP contribution in [0, 0.1) is 11.8 Å². The zero-order valence-electron chi connectivity index (χ0n) is 12.3. The molecular formula is C18H15ClN2OS. The molecule has 3 nitrogen and oxygen atoms in total. The van der Waals surface area contributed by atoms with E-state index in [0.717, 1.165) is 16.9 Å². The lowest BCUT2D eigenvalue weighted by molar-refractivity contribution is -0.118. The van der Waals surface area contributed by atoms with Gasteiger partial charge in [-0.1, -0.05) is 47.9 Å². The van der Waals surface area contributed by atoms with Gasteiger partial charge in [-0.15, -0.1) is 11.8 Å². The van der Waals surface area contributed by atoms with Crippen LogP contribution < -0.4 is 5.43 Å². The molecule has 0 aromatic heterocycles. The van der Waals surface area contributed by atoms with Crippen molar-refractivity contribution in [3.8, 4) is 11.8 Å². The number of benzene rings is 2. The van der Waals surface area contributed by atoms with Crippen molar-refractivity contribution in [1.82, 2.24) is 5.43 Å². The van der Waals surface area contributed by atoms with Crippen molar-refractivity contribution in [3.63, 3.8) is 0 Å². The van der Waals surface area contributed by atoms with Gasteiger partial charge in [-0.2, -0.15) is 5.10 Å². The molecule has 0 aliphatic carbocycles. The van der Waals surface area contributed by atoms with Gasteiger partial charge in [0.15, 0.2) is 0 Å². The van der Waals surface area contributed by atoms with E-state index in [9.17, 15) is 4.79 Å². The van der Waals surface area contributed by atoms with Gasteiger partial charge >= 0.3 is 0 Å². The molecule has 0 spiro atoms. The molecule has 0 fully saturated rings. The first-order valence-corrected chi connectivity index (χ1v) is 8.46. The Morgan fingerprint density at radius 1 is 1.17 bits per heavy atom. The van der Waals surface area contributed by atoms with Crippen LogP contribution in [-0.2, 0) is 10.5 Å². The number of carbonyl (C=O) groups is 1. The molecule has 23 heavy (non-hydrogen) atoms. The molecule has 2 rings (SSSR count). The Morgan fingerprint density at radius 2 is 1.91 bits per heavy atom. The van der Waals surface area contributed by atoms with E-state index in [1.165, 1.54) is 18.0 Å². The average Bonchev–Trinajstić information content (AvgIpc) is 2.57. The molecule has 1 N–H and O–H groups in total. The number of amides is 1. The molecule has 0 unspecified atom stereocenters. The highest BCUT2D eigenvalue weighted by Crippen LogP contribution is 2.15. The summed E-state index contributed by atoms with van der Waals surface area (Å²) in [5.41, 5.74) is 4.49. The highest BCUT2D eigenvalue weighted by molar-refractivity contribution is 7.99. The number of hydrogen-bond acceptors (Lipinski definition) is 3. The largest absolute Gasteiger partial charge is 0.272 e. The maximum Gasteiger partial charge on any atom is 0.250 e. The molecule has 2 aromatic carbocycles. The standard InChI is InChI=1S/C18H15ClN2OS/c19-17-10-8-16(9-11-17)13-23-14-18(22)21-20-12-4-7-15-5-2-1-3-6-15/h1-3,5-6,8-12H,13-14H2,(H,21,22)/b20-12+. The fourth-order valence-electron chi connectivity index (χ4n) is 1.65. The smallest absolute Gasteiger partial charge is 0.250 e. The summed E-state index contributed by atoms with van der Waals surface area (Å²) in [5.74, 6) is 6.63. The Balaban J connectivity index is 1.66. The molecule has 0 radical (unpaired) electrons.